The van der Waals surface area contributed by atoms with Crippen LogP contribution in [0.15, 0.2) is 76.5 Å². The van der Waals surface area contributed by atoms with Crippen LogP contribution in [0.5, 0.6) is 0 Å². The normalized spacial score (nSPS) is 13.5. The average Bonchev–Trinajstić information content (AvgIpc) is 2.84. The van der Waals surface area contributed by atoms with E-state index < -0.39 is 11.7 Å². The third-order valence-electron chi connectivity index (χ3n) is 5.38. The van der Waals surface area contributed by atoms with Gasteiger partial charge < -0.3 is 9.80 Å². The molecule has 0 radical (unpaired) electrons. The smallest absolute Gasteiger partial charge is 0.258 e. The van der Waals surface area contributed by atoms with Crippen molar-refractivity contribution in [3.8, 4) is 6.07 Å². The highest BCUT2D eigenvalue weighted by atomic mass is 35.5. The van der Waals surface area contributed by atoms with Crippen molar-refractivity contribution in [1.82, 2.24) is 9.80 Å². The van der Waals surface area contributed by atoms with Crippen molar-refractivity contribution in [2.24, 2.45) is 0 Å². The molecule has 1 aliphatic heterocycles. The van der Waals surface area contributed by atoms with Crippen LogP contribution in [-0.2, 0) is 0 Å². The van der Waals surface area contributed by atoms with Crippen LogP contribution in [0.25, 0.3) is 0 Å². The largest absolute Gasteiger partial charge is 0.335 e. The van der Waals surface area contributed by atoms with E-state index in [1.807, 2.05) is 24.3 Å². The predicted octanol–water partition coefficient (Wildman–Crippen LogP) is 5.10. The zero-order valence-electron chi connectivity index (χ0n) is 17.5. The Morgan fingerprint density at radius 3 is 2.12 bits per heavy atom. The summed E-state index contributed by atoms with van der Waals surface area (Å²) >= 11 is 7.41. The summed E-state index contributed by atoms with van der Waals surface area (Å²) in [6.07, 6.45) is 0. The summed E-state index contributed by atoms with van der Waals surface area (Å²) in [6, 6.07) is 20.8. The number of rotatable bonds is 4. The van der Waals surface area contributed by atoms with Gasteiger partial charge in [0.05, 0.1) is 21.7 Å². The van der Waals surface area contributed by atoms with Crippen LogP contribution in [0.3, 0.4) is 0 Å². The predicted molar refractivity (Wildman–Crippen MR) is 125 cm³/mol. The fourth-order valence-corrected chi connectivity index (χ4v) is 4.90. The van der Waals surface area contributed by atoms with Gasteiger partial charge in [-0.2, -0.15) is 5.26 Å². The van der Waals surface area contributed by atoms with Crippen LogP contribution in [0.2, 0.25) is 5.02 Å². The number of carbonyl (C=O) groups is 2. The Morgan fingerprint density at radius 2 is 1.45 bits per heavy atom. The van der Waals surface area contributed by atoms with E-state index in [1.165, 1.54) is 34.9 Å². The topological polar surface area (TPSA) is 64.4 Å². The number of amides is 2. The van der Waals surface area contributed by atoms with Crippen molar-refractivity contribution in [2.75, 3.05) is 26.2 Å². The van der Waals surface area contributed by atoms with Crippen molar-refractivity contribution in [3.05, 3.63) is 94.3 Å². The molecular weight excluding hydrogens is 461 g/mol. The Hall–Kier alpha value is -3.34. The molecule has 2 amide bonds. The molecule has 0 saturated carbocycles. The Labute approximate surface area is 200 Å². The first kappa shape index (κ1) is 22.8. The Morgan fingerprint density at radius 1 is 0.848 bits per heavy atom. The maximum atomic E-state index is 14.1. The van der Waals surface area contributed by atoms with Gasteiger partial charge in [0, 0.05) is 36.0 Å². The average molecular weight is 480 g/mol. The minimum Gasteiger partial charge on any atom is -0.335 e. The van der Waals surface area contributed by atoms with Gasteiger partial charge in [0.1, 0.15) is 11.9 Å². The van der Waals surface area contributed by atoms with Gasteiger partial charge in [-0.15, -0.1) is 0 Å². The van der Waals surface area contributed by atoms with E-state index in [1.54, 1.807) is 29.2 Å². The van der Waals surface area contributed by atoms with Gasteiger partial charge in [-0.1, -0.05) is 53.7 Å². The highest BCUT2D eigenvalue weighted by Gasteiger charge is 2.29. The lowest BCUT2D eigenvalue weighted by molar-refractivity contribution is 0.0531. The minimum atomic E-state index is -0.658. The second-order valence-electron chi connectivity index (χ2n) is 7.39. The highest BCUT2D eigenvalue weighted by molar-refractivity contribution is 7.99. The first-order chi connectivity index (χ1) is 16.0. The molecule has 1 fully saturated rings. The molecular formula is C25H19ClFN3O2S. The van der Waals surface area contributed by atoms with Crippen LogP contribution < -0.4 is 0 Å². The van der Waals surface area contributed by atoms with Crippen molar-refractivity contribution in [1.29, 1.82) is 5.26 Å². The third-order valence-corrected chi connectivity index (χ3v) is 6.84. The van der Waals surface area contributed by atoms with E-state index in [9.17, 15) is 19.2 Å². The van der Waals surface area contributed by atoms with Crippen molar-refractivity contribution >= 4 is 35.2 Å². The van der Waals surface area contributed by atoms with Crippen LogP contribution in [0.1, 0.15) is 26.3 Å². The molecule has 3 aromatic rings. The van der Waals surface area contributed by atoms with Crippen LogP contribution in [0.4, 0.5) is 4.39 Å². The SMILES string of the molecule is N#Cc1ccccc1Sc1ccccc1C(=O)N1CCN(C(=O)c2c(F)cccc2Cl)CC1. The molecule has 0 N–H and O–H groups in total. The molecule has 33 heavy (non-hydrogen) atoms. The standard InChI is InChI=1S/C25H19ClFN3O2S/c26-19-8-5-9-20(27)23(19)25(32)30-14-12-29(13-15-30)24(31)18-7-2-4-11-22(18)33-21-10-3-1-6-17(21)16-28/h1-11H,12-15H2. The Kier molecular flexibility index (Phi) is 6.97. The molecule has 166 valence electrons. The Balaban J connectivity index is 1.48. The van der Waals surface area contributed by atoms with Gasteiger partial charge in [0.25, 0.3) is 11.8 Å². The summed E-state index contributed by atoms with van der Waals surface area (Å²) in [6.45, 7) is 1.21. The van der Waals surface area contributed by atoms with Crippen LogP contribution >= 0.6 is 23.4 Å². The summed E-state index contributed by atoms with van der Waals surface area (Å²) in [5.41, 5.74) is 0.938. The second kappa shape index (κ2) is 10.1. The first-order valence-electron chi connectivity index (χ1n) is 10.3. The van der Waals surface area contributed by atoms with Gasteiger partial charge in [-0.05, 0) is 36.4 Å². The molecule has 1 heterocycles. The number of carbonyl (C=O) groups excluding carboxylic acids is 2. The summed E-state index contributed by atoms with van der Waals surface area (Å²) in [7, 11) is 0. The molecule has 8 heteroatoms. The molecule has 0 aliphatic carbocycles. The summed E-state index contributed by atoms with van der Waals surface area (Å²) in [4.78, 5) is 30.8. The molecule has 1 aliphatic rings. The number of piperazine rings is 1. The highest BCUT2D eigenvalue weighted by Crippen LogP contribution is 2.33. The van der Waals surface area contributed by atoms with E-state index in [2.05, 4.69) is 6.07 Å². The number of hydrogen-bond donors (Lipinski definition) is 0. The lowest BCUT2D eigenvalue weighted by Crippen LogP contribution is -2.50. The minimum absolute atomic E-state index is 0.0714. The summed E-state index contributed by atoms with van der Waals surface area (Å²) in [5.74, 6) is -1.28. The molecule has 4 rings (SSSR count). The zero-order chi connectivity index (χ0) is 23.4. The number of nitriles is 1. The van der Waals surface area contributed by atoms with E-state index in [4.69, 9.17) is 11.6 Å². The number of benzene rings is 3. The third kappa shape index (κ3) is 4.87. The molecule has 0 spiro atoms. The number of halogens is 2. The first-order valence-corrected chi connectivity index (χ1v) is 11.5. The lowest BCUT2D eigenvalue weighted by atomic mass is 10.1. The van der Waals surface area contributed by atoms with Gasteiger partial charge >= 0.3 is 0 Å². The second-order valence-corrected chi connectivity index (χ2v) is 8.88. The van der Waals surface area contributed by atoms with Gasteiger partial charge in [0.2, 0.25) is 0 Å². The quantitative estimate of drug-likeness (QED) is 0.522. The summed E-state index contributed by atoms with van der Waals surface area (Å²) < 4.78 is 14.1. The Bertz CT molecular complexity index is 1230. The fourth-order valence-electron chi connectivity index (χ4n) is 3.64. The maximum absolute atomic E-state index is 14.1. The van der Waals surface area contributed by atoms with Crippen LogP contribution in [-0.4, -0.2) is 47.8 Å². The summed E-state index contributed by atoms with van der Waals surface area (Å²) in [5, 5.41) is 9.43. The molecule has 0 aromatic heterocycles. The number of hydrogen-bond acceptors (Lipinski definition) is 4. The van der Waals surface area contributed by atoms with E-state index in [-0.39, 0.29) is 29.6 Å². The molecule has 3 aromatic carbocycles. The van der Waals surface area contributed by atoms with Crippen molar-refractivity contribution < 1.29 is 14.0 Å². The molecule has 5 nitrogen and oxygen atoms in total. The maximum Gasteiger partial charge on any atom is 0.258 e. The molecule has 1 saturated heterocycles. The van der Waals surface area contributed by atoms with Gasteiger partial charge in [-0.25, -0.2) is 4.39 Å². The molecule has 0 unspecified atom stereocenters. The van der Waals surface area contributed by atoms with Gasteiger partial charge in [-0.3, -0.25) is 9.59 Å². The van der Waals surface area contributed by atoms with Crippen molar-refractivity contribution in [3.63, 3.8) is 0 Å². The van der Waals surface area contributed by atoms with Crippen LogP contribution in [0, 0.1) is 17.1 Å². The fraction of sp³-hybridized carbons (Fsp3) is 0.160. The van der Waals surface area contributed by atoms with Gasteiger partial charge in [0.15, 0.2) is 0 Å². The monoisotopic (exact) mass is 479 g/mol. The molecule has 0 atom stereocenters. The van der Waals surface area contributed by atoms with Crippen molar-refractivity contribution in [2.45, 2.75) is 9.79 Å². The zero-order valence-corrected chi connectivity index (χ0v) is 19.1. The van der Waals surface area contributed by atoms with E-state index in [0.717, 1.165) is 9.79 Å². The van der Waals surface area contributed by atoms with E-state index in [0.29, 0.717) is 24.2 Å². The lowest BCUT2D eigenvalue weighted by Gasteiger charge is -2.35. The molecule has 0 bridgehead atoms. The number of nitrogens with zero attached hydrogens (tertiary/aromatic N) is 3. The van der Waals surface area contributed by atoms with E-state index >= 15 is 0 Å².